The molecule has 34 heavy (non-hydrogen) atoms. The van der Waals surface area contributed by atoms with Crippen molar-refractivity contribution in [1.82, 2.24) is 0 Å². The van der Waals surface area contributed by atoms with Gasteiger partial charge in [-0.15, -0.1) is 0 Å². The van der Waals surface area contributed by atoms with E-state index in [4.69, 9.17) is 9.47 Å². The van der Waals surface area contributed by atoms with Crippen molar-refractivity contribution in [2.75, 3.05) is 6.61 Å². The topological polar surface area (TPSA) is 52.6 Å². The molecule has 0 aliphatic carbocycles. The van der Waals surface area contributed by atoms with Crippen molar-refractivity contribution in [3.63, 3.8) is 0 Å². The highest BCUT2D eigenvalue weighted by Gasteiger charge is 2.33. The summed E-state index contributed by atoms with van der Waals surface area (Å²) in [5, 5.41) is 6.44. The molecular weight excluding hydrogens is 424 g/mol. The van der Waals surface area contributed by atoms with E-state index >= 15 is 0 Å². The molecule has 4 aromatic carbocycles. The van der Waals surface area contributed by atoms with E-state index in [1.807, 2.05) is 58.0 Å². The minimum absolute atomic E-state index is 0.176. The van der Waals surface area contributed by atoms with Gasteiger partial charge in [-0.1, -0.05) is 68.8 Å². The maximum atomic E-state index is 13.4. The van der Waals surface area contributed by atoms with Gasteiger partial charge in [0.05, 0.1) is 17.6 Å². The first-order valence-electron chi connectivity index (χ1n) is 12.3. The van der Waals surface area contributed by atoms with Gasteiger partial charge in [-0.05, 0) is 72.0 Å². The Balaban J connectivity index is 1.54. The molecule has 178 valence electrons. The molecule has 4 aromatic rings. The molecule has 1 unspecified atom stereocenters. The molecule has 0 amide bonds. The molecule has 4 heteroatoms. The van der Waals surface area contributed by atoms with Crippen LogP contribution in [0.5, 0.6) is 0 Å². The van der Waals surface area contributed by atoms with Crippen LogP contribution in [0, 0.1) is 5.41 Å². The van der Waals surface area contributed by atoms with E-state index in [2.05, 4.69) is 31.2 Å². The molecular formula is C30H34O4. The molecule has 1 atom stereocenters. The Morgan fingerprint density at radius 3 is 2.15 bits per heavy atom. The Kier molecular flexibility index (Phi) is 6.53. The van der Waals surface area contributed by atoms with Crippen LogP contribution >= 0.6 is 0 Å². The maximum Gasteiger partial charge on any atom is 0.339 e. The number of carbonyl (C=O) groups excluding carboxylic acids is 2. The van der Waals surface area contributed by atoms with Crippen LogP contribution < -0.4 is 0 Å². The number of hydrogen-bond acceptors (Lipinski definition) is 4. The minimum Gasteiger partial charge on any atom is -0.465 e. The van der Waals surface area contributed by atoms with E-state index in [1.165, 1.54) is 5.39 Å². The highest BCUT2D eigenvalue weighted by molar-refractivity contribution is 6.26. The first-order chi connectivity index (χ1) is 16.2. The zero-order chi connectivity index (χ0) is 24.5. The van der Waals surface area contributed by atoms with Gasteiger partial charge in [0.25, 0.3) is 0 Å². The third-order valence-corrected chi connectivity index (χ3v) is 7.11. The first kappa shape index (κ1) is 24.0. The molecule has 0 saturated heterocycles. The van der Waals surface area contributed by atoms with Crippen molar-refractivity contribution >= 4 is 44.3 Å². The van der Waals surface area contributed by atoms with Crippen molar-refractivity contribution in [3.05, 3.63) is 60.2 Å². The van der Waals surface area contributed by atoms with Crippen molar-refractivity contribution in [3.8, 4) is 0 Å². The summed E-state index contributed by atoms with van der Waals surface area (Å²) in [4.78, 5) is 26.0. The molecule has 0 N–H and O–H groups in total. The molecule has 0 bridgehead atoms. The van der Waals surface area contributed by atoms with Crippen LogP contribution in [0.25, 0.3) is 32.3 Å². The second kappa shape index (κ2) is 9.25. The fourth-order valence-corrected chi connectivity index (χ4v) is 4.83. The van der Waals surface area contributed by atoms with Crippen LogP contribution in [-0.4, -0.2) is 24.1 Å². The number of esters is 2. The number of rotatable bonds is 9. The smallest absolute Gasteiger partial charge is 0.339 e. The molecule has 0 aromatic heterocycles. The molecule has 0 radical (unpaired) electrons. The summed E-state index contributed by atoms with van der Waals surface area (Å²) in [5.41, 5.74) is -0.679. The van der Waals surface area contributed by atoms with Crippen molar-refractivity contribution in [2.45, 2.75) is 65.9 Å². The first-order valence-corrected chi connectivity index (χ1v) is 12.3. The lowest BCUT2D eigenvalue weighted by Crippen LogP contribution is -2.33. The van der Waals surface area contributed by atoms with Gasteiger partial charge in [-0.2, -0.15) is 0 Å². The van der Waals surface area contributed by atoms with Gasteiger partial charge in [0.15, 0.2) is 0 Å². The molecule has 0 aliphatic rings. The van der Waals surface area contributed by atoms with Gasteiger partial charge in [0.1, 0.15) is 5.60 Å². The van der Waals surface area contributed by atoms with Gasteiger partial charge >= 0.3 is 11.9 Å². The Morgan fingerprint density at radius 2 is 1.47 bits per heavy atom. The van der Waals surface area contributed by atoms with Crippen LogP contribution in [-0.2, 0) is 14.3 Å². The predicted octanol–water partition coefficient (Wildman–Crippen LogP) is 7.67. The second-order valence-corrected chi connectivity index (χ2v) is 10.2. The lowest BCUT2D eigenvalue weighted by Gasteiger charge is -2.28. The van der Waals surface area contributed by atoms with Crippen molar-refractivity contribution in [2.24, 2.45) is 5.41 Å². The fraction of sp³-hybridized carbons (Fsp3) is 0.400. The van der Waals surface area contributed by atoms with Crippen LogP contribution in [0.2, 0.25) is 0 Å². The minimum atomic E-state index is -0.775. The normalized spacial score (nSPS) is 13.9. The molecule has 0 fully saturated rings. The summed E-state index contributed by atoms with van der Waals surface area (Å²) in [6.07, 6.45) is 2.90. The average molecular weight is 459 g/mol. The second-order valence-electron chi connectivity index (χ2n) is 10.2. The van der Waals surface area contributed by atoms with E-state index < -0.39 is 11.0 Å². The summed E-state index contributed by atoms with van der Waals surface area (Å²) in [5.74, 6) is -0.537. The quantitative estimate of drug-likeness (QED) is 0.191. The molecule has 4 rings (SSSR count). The molecule has 0 aliphatic heterocycles. The van der Waals surface area contributed by atoms with E-state index in [1.54, 1.807) is 0 Å². The Bertz CT molecular complexity index is 1340. The van der Waals surface area contributed by atoms with E-state index in [-0.39, 0.29) is 18.5 Å². The van der Waals surface area contributed by atoms with Crippen LogP contribution in [0.3, 0.4) is 0 Å². The van der Waals surface area contributed by atoms with Crippen molar-refractivity contribution in [1.29, 1.82) is 0 Å². The highest BCUT2D eigenvalue weighted by atomic mass is 16.6. The summed E-state index contributed by atoms with van der Waals surface area (Å²) in [7, 11) is 0. The third kappa shape index (κ3) is 4.46. The van der Waals surface area contributed by atoms with Gasteiger partial charge in [-0.3, -0.25) is 4.79 Å². The Labute approximate surface area is 201 Å². The molecule has 0 spiro atoms. The zero-order valence-corrected chi connectivity index (χ0v) is 20.9. The number of ether oxygens (including phenoxy) is 2. The number of benzene rings is 4. The fourth-order valence-electron chi connectivity index (χ4n) is 4.83. The summed E-state index contributed by atoms with van der Waals surface area (Å²) in [6, 6.07) is 18.3. The average Bonchev–Trinajstić information content (AvgIpc) is 2.81. The molecule has 0 heterocycles. The summed E-state index contributed by atoms with van der Waals surface area (Å²) < 4.78 is 11.6. The SMILES string of the molecule is CCCC(C)(CC)C(=O)OCCC(C)(C)OC(=O)c1cc2cccc3ccc4cccc1c4c32. The number of hydrogen-bond donors (Lipinski definition) is 0. The van der Waals surface area contributed by atoms with E-state index in [0.29, 0.717) is 12.0 Å². The van der Waals surface area contributed by atoms with Gasteiger partial charge < -0.3 is 9.47 Å². The van der Waals surface area contributed by atoms with Crippen LogP contribution in [0.4, 0.5) is 0 Å². The molecule has 4 nitrogen and oxygen atoms in total. The standard InChI is InChI=1S/C30H34O4/c1-6-16-30(5,7-2)28(32)33-18-17-29(3,4)34-27(31)24-19-22-12-8-10-20-14-15-21-11-9-13-23(24)26(21)25(20)22/h8-15,19H,6-7,16-18H2,1-5H3. The van der Waals surface area contributed by atoms with E-state index in [9.17, 15) is 9.59 Å². The van der Waals surface area contributed by atoms with Crippen LogP contribution in [0.1, 0.15) is 70.7 Å². The van der Waals surface area contributed by atoms with Gasteiger partial charge in [-0.25, -0.2) is 4.79 Å². The Hall–Kier alpha value is -3.14. The summed E-state index contributed by atoms with van der Waals surface area (Å²) in [6.45, 7) is 9.99. The van der Waals surface area contributed by atoms with Gasteiger partial charge in [0.2, 0.25) is 0 Å². The zero-order valence-electron chi connectivity index (χ0n) is 20.9. The predicted molar refractivity (Wildman–Crippen MR) is 139 cm³/mol. The van der Waals surface area contributed by atoms with Crippen molar-refractivity contribution < 1.29 is 19.1 Å². The lowest BCUT2D eigenvalue weighted by atomic mass is 9.83. The molecule has 0 saturated carbocycles. The maximum absolute atomic E-state index is 13.4. The largest absolute Gasteiger partial charge is 0.465 e. The number of carbonyl (C=O) groups is 2. The lowest BCUT2D eigenvalue weighted by molar-refractivity contribution is -0.156. The highest BCUT2D eigenvalue weighted by Crippen LogP contribution is 2.37. The van der Waals surface area contributed by atoms with E-state index in [0.717, 1.165) is 46.2 Å². The third-order valence-electron chi connectivity index (χ3n) is 7.11. The van der Waals surface area contributed by atoms with Crippen LogP contribution in [0.15, 0.2) is 54.6 Å². The Morgan fingerprint density at radius 1 is 0.824 bits per heavy atom. The summed E-state index contributed by atoms with van der Waals surface area (Å²) >= 11 is 0. The van der Waals surface area contributed by atoms with Gasteiger partial charge in [0, 0.05) is 6.42 Å². The monoisotopic (exact) mass is 458 g/mol.